The maximum absolute atomic E-state index is 12.1. The van der Waals surface area contributed by atoms with Crippen LogP contribution >= 0.6 is 0 Å². The summed E-state index contributed by atoms with van der Waals surface area (Å²) in [4.78, 5) is 12.1. The van der Waals surface area contributed by atoms with Gasteiger partial charge in [0.25, 0.3) is 5.91 Å². The summed E-state index contributed by atoms with van der Waals surface area (Å²) in [6, 6.07) is 0. The molecule has 112 valence electrons. The Balaban J connectivity index is 1.92. The molecule has 2 unspecified atom stereocenters. The highest BCUT2D eigenvalue weighted by Crippen LogP contribution is 2.29. The van der Waals surface area contributed by atoms with Crippen LogP contribution in [0.3, 0.4) is 0 Å². The number of nitrogens with two attached hydrogens (primary N) is 1. The number of carbonyl (C=O) groups is 1. The standard InChI is InChI=1S/C14H24N4O2/c1-2-18-8-12(15)13(17-18)14(20)16-7-10-5-3-4-6-11(10)9-19/h8,10-11,19H,2-7,9,15H2,1H3,(H,16,20). The van der Waals surface area contributed by atoms with Crippen LogP contribution in [-0.2, 0) is 6.54 Å². The van der Waals surface area contributed by atoms with Crippen molar-refractivity contribution in [2.24, 2.45) is 11.8 Å². The molecule has 6 heteroatoms. The molecule has 0 radical (unpaired) electrons. The third-order valence-corrected chi connectivity index (χ3v) is 4.15. The summed E-state index contributed by atoms with van der Waals surface area (Å²) < 4.78 is 1.65. The molecule has 0 aliphatic heterocycles. The van der Waals surface area contributed by atoms with Crippen molar-refractivity contribution in [1.82, 2.24) is 15.1 Å². The summed E-state index contributed by atoms with van der Waals surface area (Å²) in [5, 5.41) is 16.4. The summed E-state index contributed by atoms with van der Waals surface area (Å²) in [5.41, 5.74) is 6.50. The molecule has 1 amide bonds. The van der Waals surface area contributed by atoms with E-state index in [1.807, 2.05) is 6.92 Å². The van der Waals surface area contributed by atoms with Crippen molar-refractivity contribution < 1.29 is 9.90 Å². The van der Waals surface area contributed by atoms with Gasteiger partial charge in [-0.1, -0.05) is 12.8 Å². The fourth-order valence-corrected chi connectivity index (χ4v) is 2.88. The van der Waals surface area contributed by atoms with E-state index < -0.39 is 0 Å². The first-order valence-electron chi connectivity index (χ1n) is 7.37. The van der Waals surface area contributed by atoms with Crippen LogP contribution in [0.25, 0.3) is 0 Å². The molecule has 1 aliphatic carbocycles. The zero-order chi connectivity index (χ0) is 14.5. The van der Waals surface area contributed by atoms with E-state index in [9.17, 15) is 9.90 Å². The Morgan fingerprint density at radius 3 is 2.80 bits per heavy atom. The number of hydrogen-bond acceptors (Lipinski definition) is 4. The highest BCUT2D eigenvalue weighted by molar-refractivity contribution is 5.96. The molecule has 0 spiro atoms. The monoisotopic (exact) mass is 280 g/mol. The molecule has 0 bridgehead atoms. The second-order valence-corrected chi connectivity index (χ2v) is 5.49. The highest BCUT2D eigenvalue weighted by Gasteiger charge is 2.25. The van der Waals surface area contributed by atoms with E-state index in [1.165, 1.54) is 12.8 Å². The lowest BCUT2D eigenvalue weighted by Crippen LogP contribution is -2.35. The first-order chi connectivity index (χ1) is 9.65. The van der Waals surface area contributed by atoms with Crippen molar-refractivity contribution in [2.45, 2.75) is 39.2 Å². The number of nitrogens with zero attached hydrogens (tertiary/aromatic N) is 2. The Kier molecular flexibility index (Phi) is 5.00. The fourth-order valence-electron chi connectivity index (χ4n) is 2.88. The van der Waals surface area contributed by atoms with E-state index in [1.54, 1.807) is 10.9 Å². The molecule has 1 aromatic heterocycles. The molecule has 6 nitrogen and oxygen atoms in total. The van der Waals surface area contributed by atoms with Crippen LogP contribution in [0.2, 0.25) is 0 Å². The first kappa shape index (κ1) is 14.8. The number of carbonyl (C=O) groups excluding carboxylic acids is 1. The Morgan fingerprint density at radius 2 is 2.20 bits per heavy atom. The summed E-state index contributed by atoms with van der Waals surface area (Å²) in [6.07, 6.45) is 6.12. The van der Waals surface area contributed by atoms with Crippen LogP contribution in [-0.4, -0.2) is 33.9 Å². The van der Waals surface area contributed by atoms with E-state index in [0.717, 1.165) is 12.8 Å². The van der Waals surface area contributed by atoms with Crippen LogP contribution in [0.5, 0.6) is 0 Å². The van der Waals surface area contributed by atoms with E-state index in [-0.39, 0.29) is 12.5 Å². The lowest BCUT2D eigenvalue weighted by molar-refractivity contribution is 0.0904. The smallest absolute Gasteiger partial charge is 0.273 e. The molecule has 1 aromatic rings. The van der Waals surface area contributed by atoms with Crippen LogP contribution in [0, 0.1) is 11.8 Å². The minimum Gasteiger partial charge on any atom is -0.396 e. The van der Waals surface area contributed by atoms with Crippen LogP contribution in [0.1, 0.15) is 43.1 Å². The van der Waals surface area contributed by atoms with Gasteiger partial charge >= 0.3 is 0 Å². The number of amides is 1. The molecule has 4 N–H and O–H groups in total. The van der Waals surface area contributed by atoms with Gasteiger partial charge in [0.05, 0.1) is 5.69 Å². The number of aryl methyl sites for hydroxylation is 1. The molecular formula is C14H24N4O2. The van der Waals surface area contributed by atoms with Gasteiger partial charge in [0, 0.05) is 25.9 Å². The largest absolute Gasteiger partial charge is 0.396 e. The number of aromatic nitrogens is 2. The predicted octanol–water partition coefficient (Wildman–Crippen LogP) is 1.01. The Morgan fingerprint density at radius 1 is 1.50 bits per heavy atom. The van der Waals surface area contributed by atoms with E-state index in [4.69, 9.17) is 5.73 Å². The minimum absolute atomic E-state index is 0.202. The average molecular weight is 280 g/mol. The van der Waals surface area contributed by atoms with Crippen LogP contribution in [0.4, 0.5) is 5.69 Å². The van der Waals surface area contributed by atoms with Crippen molar-refractivity contribution in [3.05, 3.63) is 11.9 Å². The van der Waals surface area contributed by atoms with Crippen LogP contribution < -0.4 is 11.1 Å². The molecular weight excluding hydrogens is 256 g/mol. The van der Waals surface area contributed by atoms with Gasteiger partial charge in [-0.15, -0.1) is 0 Å². The average Bonchev–Trinajstić information content (AvgIpc) is 2.86. The zero-order valence-corrected chi connectivity index (χ0v) is 12.0. The molecule has 20 heavy (non-hydrogen) atoms. The molecule has 0 aromatic carbocycles. The summed E-state index contributed by atoms with van der Waals surface area (Å²) in [6.45, 7) is 3.42. The molecule has 0 saturated heterocycles. The fraction of sp³-hybridized carbons (Fsp3) is 0.714. The maximum atomic E-state index is 12.1. The van der Waals surface area contributed by atoms with E-state index in [0.29, 0.717) is 36.3 Å². The van der Waals surface area contributed by atoms with Crippen LogP contribution in [0.15, 0.2) is 6.20 Å². The van der Waals surface area contributed by atoms with Gasteiger partial charge in [-0.05, 0) is 31.6 Å². The molecule has 1 fully saturated rings. The highest BCUT2D eigenvalue weighted by atomic mass is 16.3. The molecule has 1 aliphatic rings. The predicted molar refractivity (Wildman–Crippen MR) is 77.2 cm³/mol. The van der Waals surface area contributed by atoms with Gasteiger partial charge in [0.1, 0.15) is 0 Å². The van der Waals surface area contributed by atoms with Crippen molar-refractivity contribution in [2.75, 3.05) is 18.9 Å². The van der Waals surface area contributed by atoms with Crippen molar-refractivity contribution in [1.29, 1.82) is 0 Å². The molecule has 2 atom stereocenters. The molecule has 1 saturated carbocycles. The normalized spacial score (nSPS) is 22.7. The SMILES string of the molecule is CCn1cc(N)c(C(=O)NCC2CCCCC2CO)n1. The van der Waals surface area contributed by atoms with Gasteiger partial charge < -0.3 is 16.2 Å². The second-order valence-electron chi connectivity index (χ2n) is 5.49. The molecule has 2 rings (SSSR count). The van der Waals surface area contributed by atoms with Gasteiger partial charge in [-0.2, -0.15) is 5.10 Å². The summed E-state index contributed by atoms with van der Waals surface area (Å²) in [7, 11) is 0. The quantitative estimate of drug-likeness (QED) is 0.750. The number of aliphatic hydroxyl groups excluding tert-OH is 1. The number of hydrogen-bond donors (Lipinski definition) is 3. The number of nitrogen functional groups attached to an aromatic ring is 1. The molecule has 1 heterocycles. The van der Waals surface area contributed by atoms with E-state index in [2.05, 4.69) is 10.4 Å². The maximum Gasteiger partial charge on any atom is 0.273 e. The lowest BCUT2D eigenvalue weighted by atomic mass is 9.79. The summed E-state index contributed by atoms with van der Waals surface area (Å²) in [5.74, 6) is 0.429. The minimum atomic E-state index is -0.225. The number of aliphatic hydroxyl groups is 1. The Labute approximate surface area is 119 Å². The number of rotatable bonds is 5. The lowest BCUT2D eigenvalue weighted by Gasteiger charge is -2.30. The Bertz CT molecular complexity index is 458. The first-order valence-corrected chi connectivity index (χ1v) is 7.37. The number of anilines is 1. The topological polar surface area (TPSA) is 93.2 Å². The number of nitrogens with one attached hydrogen (secondary N) is 1. The van der Waals surface area contributed by atoms with Gasteiger partial charge in [0.15, 0.2) is 5.69 Å². The summed E-state index contributed by atoms with van der Waals surface area (Å²) >= 11 is 0. The van der Waals surface area contributed by atoms with E-state index >= 15 is 0 Å². The Hall–Kier alpha value is -1.56. The third-order valence-electron chi connectivity index (χ3n) is 4.15. The third kappa shape index (κ3) is 3.30. The van der Waals surface area contributed by atoms with Gasteiger partial charge in [0.2, 0.25) is 0 Å². The van der Waals surface area contributed by atoms with Gasteiger partial charge in [-0.25, -0.2) is 0 Å². The zero-order valence-electron chi connectivity index (χ0n) is 12.0. The van der Waals surface area contributed by atoms with Crippen molar-refractivity contribution in [3.63, 3.8) is 0 Å². The van der Waals surface area contributed by atoms with Crippen molar-refractivity contribution in [3.8, 4) is 0 Å². The van der Waals surface area contributed by atoms with Gasteiger partial charge in [-0.3, -0.25) is 9.48 Å². The second kappa shape index (κ2) is 6.74. The van der Waals surface area contributed by atoms with Crippen molar-refractivity contribution >= 4 is 11.6 Å².